The molecule has 1 fully saturated rings. The quantitative estimate of drug-likeness (QED) is 0.781. The molecule has 2 atom stereocenters. The van der Waals surface area contributed by atoms with Gasteiger partial charge < -0.3 is 14.8 Å². The molecule has 19 heavy (non-hydrogen) atoms. The Kier molecular flexibility index (Phi) is 5.08. The lowest BCUT2D eigenvalue weighted by Crippen LogP contribution is -2.16. The fourth-order valence-corrected chi connectivity index (χ4v) is 2.51. The van der Waals surface area contributed by atoms with Crippen LogP contribution in [0.25, 0.3) is 0 Å². The van der Waals surface area contributed by atoms with Crippen molar-refractivity contribution in [3.8, 4) is 11.5 Å². The second kappa shape index (κ2) is 6.80. The topological polar surface area (TPSA) is 30.5 Å². The minimum Gasteiger partial charge on any atom is -0.490 e. The van der Waals surface area contributed by atoms with E-state index in [4.69, 9.17) is 9.47 Å². The van der Waals surface area contributed by atoms with Gasteiger partial charge in [-0.3, -0.25) is 0 Å². The average Bonchev–Trinajstić information content (AvgIpc) is 3.18. The second-order valence-corrected chi connectivity index (χ2v) is 4.98. The van der Waals surface area contributed by atoms with E-state index in [2.05, 4.69) is 24.4 Å². The van der Waals surface area contributed by atoms with Crippen LogP contribution < -0.4 is 14.8 Å². The van der Waals surface area contributed by atoms with Crippen molar-refractivity contribution >= 4 is 0 Å². The molecule has 106 valence electrons. The summed E-state index contributed by atoms with van der Waals surface area (Å²) in [5.74, 6) is 3.22. The van der Waals surface area contributed by atoms with Gasteiger partial charge in [0.05, 0.1) is 13.2 Å². The molecule has 1 N–H and O–H groups in total. The van der Waals surface area contributed by atoms with Gasteiger partial charge in [0.1, 0.15) is 0 Å². The summed E-state index contributed by atoms with van der Waals surface area (Å²) < 4.78 is 11.3. The van der Waals surface area contributed by atoms with E-state index in [1.807, 2.05) is 19.9 Å². The largest absolute Gasteiger partial charge is 0.490 e. The number of hydrogen-bond donors (Lipinski definition) is 1. The fourth-order valence-electron chi connectivity index (χ4n) is 2.51. The first-order valence-corrected chi connectivity index (χ1v) is 7.40. The lowest BCUT2D eigenvalue weighted by atomic mass is 10.1. The fraction of sp³-hybridized carbons (Fsp3) is 0.625. The molecule has 0 aliphatic heterocycles. The molecule has 0 saturated heterocycles. The Labute approximate surface area is 116 Å². The van der Waals surface area contributed by atoms with Crippen LogP contribution in [0.1, 0.15) is 38.7 Å². The summed E-state index contributed by atoms with van der Waals surface area (Å²) in [6, 6.07) is 6.39. The molecule has 1 aliphatic carbocycles. The summed E-state index contributed by atoms with van der Waals surface area (Å²) in [5, 5.41) is 3.43. The lowest BCUT2D eigenvalue weighted by Gasteiger charge is -2.12. The van der Waals surface area contributed by atoms with Gasteiger partial charge in [0.15, 0.2) is 11.5 Å². The number of rotatable bonds is 8. The Morgan fingerprint density at radius 2 is 1.84 bits per heavy atom. The molecule has 0 radical (unpaired) electrons. The third kappa shape index (κ3) is 3.63. The Hall–Kier alpha value is -1.22. The van der Waals surface area contributed by atoms with Gasteiger partial charge in [-0.25, -0.2) is 0 Å². The predicted molar refractivity (Wildman–Crippen MR) is 78.2 cm³/mol. The minimum atomic E-state index is 0.673. The minimum absolute atomic E-state index is 0.673. The van der Waals surface area contributed by atoms with Crippen molar-refractivity contribution in [1.82, 2.24) is 5.32 Å². The molecule has 0 bridgehead atoms. The molecule has 3 heteroatoms. The highest BCUT2D eigenvalue weighted by molar-refractivity contribution is 5.45. The highest BCUT2D eigenvalue weighted by atomic mass is 16.5. The van der Waals surface area contributed by atoms with Gasteiger partial charge in [-0.15, -0.1) is 0 Å². The molecule has 1 aromatic rings. The molecule has 1 aliphatic rings. The maximum atomic E-state index is 5.68. The van der Waals surface area contributed by atoms with Gasteiger partial charge in [-0.05, 0) is 62.9 Å². The highest BCUT2D eigenvalue weighted by Crippen LogP contribution is 2.48. The van der Waals surface area contributed by atoms with Crippen LogP contribution in [-0.2, 0) is 0 Å². The number of hydrogen-bond acceptors (Lipinski definition) is 3. The third-order valence-corrected chi connectivity index (χ3v) is 3.57. The van der Waals surface area contributed by atoms with Crippen molar-refractivity contribution in [2.24, 2.45) is 5.92 Å². The van der Waals surface area contributed by atoms with Crippen molar-refractivity contribution in [2.75, 3.05) is 26.3 Å². The molecule has 1 saturated carbocycles. The van der Waals surface area contributed by atoms with Gasteiger partial charge in [0, 0.05) is 0 Å². The summed E-state index contributed by atoms with van der Waals surface area (Å²) in [4.78, 5) is 0. The molecule has 0 aromatic heterocycles. The smallest absolute Gasteiger partial charge is 0.161 e. The van der Waals surface area contributed by atoms with Crippen LogP contribution in [0.2, 0.25) is 0 Å². The zero-order valence-corrected chi connectivity index (χ0v) is 12.2. The van der Waals surface area contributed by atoms with E-state index in [1.54, 1.807) is 0 Å². The summed E-state index contributed by atoms with van der Waals surface area (Å²) >= 11 is 0. The first-order valence-electron chi connectivity index (χ1n) is 7.40. The number of ether oxygens (including phenoxy) is 2. The second-order valence-electron chi connectivity index (χ2n) is 4.98. The van der Waals surface area contributed by atoms with Crippen molar-refractivity contribution in [2.45, 2.75) is 33.1 Å². The SMILES string of the molecule is CCNCC1CC1c1ccc(OCC)c(OCC)c1. The van der Waals surface area contributed by atoms with Crippen molar-refractivity contribution < 1.29 is 9.47 Å². The maximum Gasteiger partial charge on any atom is 0.161 e. The summed E-state index contributed by atoms with van der Waals surface area (Å²) in [6.07, 6.45) is 1.28. The summed E-state index contributed by atoms with van der Waals surface area (Å²) in [5.41, 5.74) is 1.38. The maximum absolute atomic E-state index is 5.68. The van der Waals surface area contributed by atoms with Crippen LogP contribution in [0, 0.1) is 5.92 Å². The normalized spacial score (nSPS) is 21.2. The predicted octanol–water partition coefficient (Wildman–Crippen LogP) is 3.20. The molecule has 2 rings (SSSR count). The zero-order valence-electron chi connectivity index (χ0n) is 12.2. The van der Waals surface area contributed by atoms with E-state index in [1.165, 1.54) is 12.0 Å². The highest BCUT2D eigenvalue weighted by Gasteiger charge is 2.37. The van der Waals surface area contributed by atoms with E-state index in [9.17, 15) is 0 Å². The Bertz CT molecular complexity index is 406. The van der Waals surface area contributed by atoms with Crippen LogP contribution in [0.3, 0.4) is 0 Å². The molecule has 0 heterocycles. The van der Waals surface area contributed by atoms with Gasteiger partial charge in [-0.1, -0.05) is 13.0 Å². The van der Waals surface area contributed by atoms with Gasteiger partial charge in [-0.2, -0.15) is 0 Å². The summed E-state index contributed by atoms with van der Waals surface area (Å²) in [7, 11) is 0. The first-order chi connectivity index (χ1) is 9.30. The van der Waals surface area contributed by atoms with Crippen LogP contribution in [0.15, 0.2) is 18.2 Å². The molecule has 3 nitrogen and oxygen atoms in total. The van der Waals surface area contributed by atoms with E-state index in [0.717, 1.165) is 30.5 Å². The van der Waals surface area contributed by atoms with Crippen LogP contribution >= 0.6 is 0 Å². The molecule has 0 spiro atoms. The van der Waals surface area contributed by atoms with Crippen molar-refractivity contribution in [3.05, 3.63) is 23.8 Å². The summed E-state index contributed by atoms with van der Waals surface area (Å²) in [6.45, 7) is 9.68. The molecular weight excluding hydrogens is 238 g/mol. The van der Waals surface area contributed by atoms with Crippen LogP contribution in [0.4, 0.5) is 0 Å². The van der Waals surface area contributed by atoms with Crippen molar-refractivity contribution in [3.63, 3.8) is 0 Å². The Morgan fingerprint density at radius 3 is 2.53 bits per heavy atom. The standard InChI is InChI=1S/C16H25NO2/c1-4-17-11-13-9-14(13)12-7-8-15(18-5-2)16(10-12)19-6-3/h7-8,10,13-14,17H,4-6,9,11H2,1-3H3. The van der Waals surface area contributed by atoms with Crippen LogP contribution in [-0.4, -0.2) is 26.3 Å². The monoisotopic (exact) mass is 263 g/mol. The van der Waals surface area contributed by atoms with E-state index in [-0.39, 0.29) is 0 Å². The number of benzene rings is 1. The van der Waals surface area contributed by atoms with E-state index in [0.29, 0.717) is 19.1 Å². The van der Waals surface area contributed by atoms with Gasteiger partial charge >= 0.3 is 0 Å². The van der Waals surface area contributed by atoms with Crippen LogP contribution in [0.5, 0.6) is 11.5 Å². The zero-order chi connectivity index (χ0) is 13.7. The molecular formula is C16H25NO2. The lowest BCUT2D eigenvalue weighted by molar-refractivity contribution is 0.287. The first kappa shape index (κ1) is 14.2. The van der Waals surface area contributed by atoms with E-state index < -0.39 is 0 Å². The molecule has 1 aromatic carbocycles. The van der Waals surface area contributed by atoms with Gasteiger partial charge in [0.2, 0.25) is 0 Å². The Morgan fingerprint density at radius 1 is 1.11 bits per heavy atom. The molecule has 2 unspecified atom stereocenters. The number of nitrogens with one attached hydrogen (secondary N) is 1. The Balaban J connectivity index is 2.04. The van der Waals surface area contributed by atoms with Gasteiger partial charge in [0.25, 0.3) is 0 Å². The molecule has 0 amide bonds. The van der Waals surface area contributed by atoms with Crippen molar-refractivity contribution in [1.29, 1.82) is 0 Å². The van der Waals surface area contributed by atoms with E-state index >= 15 is 0 Å². The third-order valence-electron chi connectivity index (χ3n) is 3.57. The average molecular weight is 263 g/mol.